The summed E-state index contributed by atoms with van der Waals surface area (Å²) in [5, 5.41) is 15.6. The lowest BCUT2D eigenvalue weighted by atomic mass is 9.91. The molecule has 1 aromatic carbocycles. The number of alkyl halides is 3. The molecule has 7 nitrogen and oxygen atoms in total. The zero-order valence-electron chi connectivity index (χ0n) is 17.7. The van der Waals surface area contributed by atoms with Crippen LogP contribution in [0.4, 0.5) is 24.9 Å². The number of ether oxygens (including phenoxy) is 1. The molecular formula is C22H25F3N6O. The summed E-state index contributed by atoms with van der Waals surface area (Å²) in [7, 11) is 2.19. The number of aromatic nitrogens is 2. The molecule has 32 heavy (non-hydrogen) atoms. The van der Waals surface area contributed by atoms with Crippen LogP contribution in [0.2, 0.25) is 0 Å². The zero-order valence-corrected chi connectivity index (χ0v) is 17.7. The van der Waals surface area contributed by atoms with E-state index in [1.807, 2.05) is 0 Å². The molecule has 0 radical (unpaired) electrons. The van der Waals surface area contributed by atoms with Gasteiger partial charge in [-0.2, -0.15) is 10.2 Å². The Balaban J connectivity index is 1.40. The highest BCUT2D eigenvalue weighted by atomic mass is 19.4. The summed E-state index contributed by atoms with van der Waals surface area (Å²) < 4.78 is 41.9. The van der Waals surface area contributed by atoms with Crippen molar-refractivity contribution in [2.24, 2.45) is 5.92 Å². The van der Waals surface area contributed by atoms with E-state index in [1.165, 1.54) is 37.2 Å². The molecule has 10 heteroatoms. The molecule has 3 heterocycles. The molecule has 2 N–H and O–H groups in total. The minimum Gasteiger partial charge on any atom is -0.405 e. The Morgan fingerprint density at radius 2 is 1.91 bits per heavy atom. The van der Waals surface area contributed by atoms with E-state index in [1.54, 1.807) is 6.07 Å². The second-order valence-electron chi connectivity index (χ2n) is 8.35. The van der Waals surface area contributed by atoms with Crippen LogP contribution in [0.25, 0.3) is 0 Å². The van der Waals surface area contributed by atoms with Gasteiger partial charge in [0, 0.05) is 30.7 Å². The van der Waals surface area contributed by atoms with Gasteiger partial charge < -0.3 is 20.3 Å². The first-order chi connectivity index (χ1) is 15.3. The Labute approximate surface area is 184 Å². The third-order valence-corrected chi connectivity index (χ3v) is 6.30. The second-order valence-corrected chi connectivity index (χ2v) is 8.35. The third kappa shape index (κ3) is 5.22. The number of piperidine rings is 1. The van der Waals surface area contributed by atoms with Crippen LogP contribution >= 0.6 is 0 Å². The molecule has 4 rings (SSSR count). The Morgan fingerprint density at radius 1 is 1.19 bits per heavy atom. The average molecular weight is 446 g/mol. The molecule has 2 unspecified atom stereocenters. The van der Waals surface area contributed by atoms with Gasteiger partial charge >= 0.3 is 6.36 Å². The molecular weight excluding hydrogens is 421 g/mol. The average Bonchev–Trinajstić information content (AvgIpc) is 2.96. The van der Waals surface area contributed by atoms with Crippen LogP contribution < -0.4 is 15.4 Å². The van der Waals surface area contributed by atoms with Gasteiger partial charge in [-0.3, -0.25) is 0 Å². The standard InChI is InChI=1S/C22H25F3N6O/c1-31-17-6-7-18(31)9-14(8-17)11-27-20-16(10-26)13-29-21(30-20)28-12-15-4-2-3-5-19(15)32-22(23,24)25/h2-5,13-14,17-18H,6-9,11-12H2,1H3,(H2,27,28,29,30). The number of hydrogen-bond acceptors (Lipinski definition) is 7. The van der Waals surface area contributed by atoms with Crippen molar-refractivity contribution in [1.82, 2.24) is 14.9 Å². The first-order valence-electron chi connectivity index (χ1n) is 10.6. The second kappa shape index (κ2) is 9.20. The summed E-state index contributed by atoms with van der Waals surface area (Å²) in [4.78, 5) is 11.0. The van der Waals surface area contributed by atoms with Crippen LogP contribution in [0.15, 0.2) is 30.5 Å². The maximum absolute atomic E-state index is 12.6. The summed E-state index contributed by atoms with van der Waals surface area (Å²) in [5.74, 6) is 0.872. The van der Waals surface area contributed by atoms with Crippen molar-refractivity contribution in [1.29, 1.82) is 5.26 Å². The van der Waals surface area contributed by atoms with Gasteiger partial charge in [-0.15, -0.1) is 13.2 Å². The minimum atomic E-state index is -4.77. The van der Waals surface area contributed by atoms with Crippen LogP contribution in [0.3, 0.4) is 0 Å². The van der Waals surface area contributed by atoms with Gasteiger partial charge in [-0.1, -0.05) is 18.2 Å². The van der Waals surface area contributed by atoms with Crippen molar-refractivity contribution < 1.29 is 17.9 Å². The van der Waals surface area contributed by atoms with E-state index in [0.29, 0.717) is 41.5 Å². The SMILES string of the molecule is CN1C2CCC1CC(CNc1nc(NCc3ccccc3OC(F)(F)F)ncc1C#N)C2. The molecule has 0 aliphatic carbocycles. The van der Waals surface area contributed by atoms with Gasteiger partial charge in [-0.25, -0.2) is 4.98 Å². The number of nitrogens with zero attached hydrogens (tertiary/aromatic N) is 4. The number of rotatable bonds is 7. The fraction of sp³-hybridized carbons (Fsp3) is 0.500. The quantitative estimate of drug-likeness (QED) is 0.661. The van der Waals surface area contributed by atoms with E-state index < -0.39 is 6.36 Å². The maximum atomic E-state index is 12.6. The lowest BCUT2D eigenvalue weighted by molar-refractivity contribution is -0.274. The van der Waals surface area contributed by atoms with Crippen LogP contribution in [0, 0.1) is 17.2 Å². The minimum absolute atomic E-state index is 0.0376. The number of benzene rings is 1. The molecule has 1 aromatic heterocycles. The number of hydrogen-bond donors (Lipinski definition) is 2. The first-order valence-corrected chi connectivity index (χ1v) is 10.6. The number of nitrogens with one attached hydrogen (secondary N) is 2. The zero-order chi connectivity index (χ0) is 22.7. The number of anilines is 2. The van der Waals surface area contributed by atoms with Crippen LogP contribution in [-0.2, 0) is 6.54 Å². The van der Waals surface area contributed by atoms with Gasteiger partial charge in [0.25, 0.3) is 0 Å². The van der Waals surface area contributed by atoms with Crippen molar-refractivity contribution >= 4 is 11.8 Å². The maximum Gasteiger partial charge on any atom is 0.573 e. The monoisotopic (exact) mass is 446 g/mol. The predicted octanol–water partition coefficient (Wildman–Crippen LogP) is 4.14. The molecule has 2 aliphatic heterocycles. The summed E-state index contributed by atoms with van der Waals surface area (Å²) in [6.45, 7) is 0.754. The molecule has 2 atom stereocenters. The highest BCUT2D eigenvalue weighted by molar-refractivity contribution is 5.53. The Bertz CT molecular complexity index is 978. The van der Waals surface area contributed by atoms with E-state index in [0.717, 1.165) is 12.8 Å². The van der Waals surface area contributed by atoms with E-state index >= 15 is 0 Å². The molecule has 2 aliphatic rings. The van der Waals surface area contributed by atoms with Gasteiger partial charge in [-0.05, 0) is 44.7 Å². The molecule has 2 bridgehead atoms. The Kier molecular flexibility index (Phi) is 6.37. The molecule has 0 saturated carbocycles. The number of halogens is 3. The van der Waals surface area contributed by atoms with Gasteiger partial charge in [0.15, 0.2) is 0 Å². The van der Waals surface area contributed by atoms with Gasteiger partial charge in [0.05, 0.1) is 6.20 Å². The van der Waals surface area contributed by atoms with Gasteiger partial charge in [0.1, 0.15) is 23.2 Å². The molecule has 2 saturated heterocycles. The van der Waals surface area contributed by atoms with Gasteiger partial charge in [0.2, 0.25) is 5.95 Å². The smallest absolute Gasteiger partial charge is 0.405 e. The largest absolute Gasteiger partial charge is 0.573 e. The summed E-state index contributed by atoms with van der Waals surface area (Å²) in [6, 6.07) is 9.22. The van der Waals surface area contributed by atoms with Crippen LogP contribution in [-0.4, -0.2) is 46.9 Å². The number of para-hydroxylation sites is 1. The lowest BCUT2D eigenvalue weighted by Crippen LogP contribution is -2.41. The van der Waals surface area contributed by atoms with Crippen molar-refractivity contribution in [3.8, 4) is 11.8 Å². The van der Waals surface area contributed by atoms with E-state index in [4.69, 9.17) is 0 Å². The summed E-state index contributed by atoms with van der Waals surface area (Å²) in [5.41, 5.74) is 0.640. The fourth-order valence-corrected chi connectivity index (χ4v) is 4.66. The van der Waals surface area contributed by atoms with Crippen molar-refractivity contribution in [3.63, 3.8) is 0 Å². The third-order valence-electron chi connectivity index (χ3n) is 6.30. The number of nitriles is 1. The van der Waals surface area contributed by atoms with E-state index in [-0.39, 0.29) is 18.2 Å². The Morgan fingerprint density at radius 3 is 2.59 bits per heavy atom. The molecule has 2 fully saturated rings. The molecule has 0 amide bonds. The predicted molar refractivity (Wildman–Crippen MR) is 113 cm³/mol. The Hall–Kier alpha value is -3.06. The highest BCUT2D eigenvalue weighted by Gasteiger charge is 2.38. The highest BCUT2D eigenvalue weighted by Crippen LogP contribution is 2.37. The van der Waals surface area contributed by atoms with Crippen molar-refractivity contribution in [2.45, 2.75) is 50.7 Å². The molecule has 170 valence electrons. The summed E-state index contributed by atoms with van der Waals surface area (Å²) >= 11 is 0. The van der Waals surface area contributed by atoms with Crippen molar-refractivity contribution in [2.75, 3.05) is 24.2 Å². The molecule has 0 spiro atoms. The normalized spacial score (nSPS) is 22.9. The van der Waals surface area contributed by atoms with E-state index in [2.05, 4.69) is 43.4 Å². The van der Waals surface area contributed by atoms with Crippen LogP contribution in [0.5, 0.6) is 5.75 Å². The topological polar surface area (TPSA) is 86.1 Å². The molecule has 2 aromatic rings. The lowest BCUT2D eigenvalue weighted by Gasteiger charge is -2.36. The van der Waals surface area contributed by atoms with Crippen LogP contribution in [0.1, 0.15) is 36.8 Å². The number of fused-ring (bicyclic) bond motifs is 2. The summed E-state index contributed by atoms with van der Waals surface area (Å²) in [6.07, 6.45) is 1.35. The first kappa shape index (κ1) is 22.1. The fourth-order valence-electron chi connectivity index (χ4n) is 4.66. The van der Waals surface area contributed by atoms with E-state index in [9.17, 15) is 18.4 Å². The van der Waals surface area contributed by atoms with Crippen molar-refractivity contribution in [3.05, 3.63) is 41.6 Å².